The van der Waals surface area contributed by atoms with Crippen LogP contribution >= 0.6 is 12.0 Å². The quantitative estimate of drug-likeness (QED) is 0.389. The van der Waals surface area contributed by atoms with Crippen molar-refractivity contribution >= 4 is 29.6 Å². The molecule has 2 rings (SSSR count). The predicted molar refractivity (Wildman–Crippen MR) is 88.1 cm³/mol. The third kappa shape index (κ3) is 3.92. The van der Waals surface area contributed by atoms with Gasteiger partial charge in [-0.25, -0.2) is 0 Å². The van der Waals surface area contributed by atoms with Crippen LogP contribution in [0.4, 0.5) is 0 Å². The highest BCUT2D eigenvalue weighted by Crippen LogP contribution is 2.38. The summed E-state index contributed by atoms with van der Waals surface area (Å²) in [5.41, 5.74) is 1.02. The zero-order valence-electron chi connectivity index (χ0n) is 12.9. The average molecular weight is 336 g/mol. The summed E-state index contributed by atoms with van der Waals surface area (Å²) in [5, 5.41) is 5.30. The molecular weight excluding hydrogens is 316 g/mol. The molecular formula is C16H20N2O4S. The average Bonchev–Trinajstić information content (AvgIpc) is 2.92. The number of hydrogen-bond donors (Lipinski definition) is 3. The van der Waals surface area contributed by atoms with Crippen LogP contribution in [-0.4, -0.2) is 41.0 Å². The van der Waals surface area contributed by atoms with Gasteiger partial charge in [-0.05, 0) is 42.9 Å². The van der Waals surface area contributed by atoms with E-state index in [-0.39, 0.29) is 36.4 Å². The number of benzene rings is 1. The molecule has 0 unspecified atom stereocenters. The third-order valence-corrected chi connectivity index (χ3v) is 4.53. The molecule has 23 heavy (non-hydrogen) atoms. The third-order valence-electron chi connectivity index (χ3n) is 4.14. The highest BCUT2D eigenvalue weighted by molar-refractivity contribution is 7.94. The van der Waals surface area contributed by atoms with Gasteiger partial charge in [0, 0.05) is 13.1 Å². The molecule has 0 aliphatic heterocycles. The lowest BCUT2D eigenvalue weighted by Crippen LogP contribution is -2.48. The highest BCUT2D eigenvalue weighted by atomic mass is 32.2. The molecule has 0 saturated heterocycles. The summed E-state index contributed by atoms with van der Waals surface area (Å²) < 4.78 is 8.55. The van der Waals surface area contributed by atoms with Gasteiger partial charge in [-0.1, -0.05) is 24.3 Å². The van der Waals surface area contributed by atoms with Crippen LogP contribution in [0.5, 0.6) is 0 Å². The van der Waals surface area contributed by atoms with E-state index in [1.807, 2.05) is 24.3 Å². The summed E-state index contributed by atoms with van der Waals surface area (Å²) in [7, 11) is 0. The van der Waals surface area contributed by atoms with Gasteiger partial charge in [0.25, 0.3) is 0 Å². The van der Waals surface area contributed by atoms with Gasteiger partial charge in [0.1, 0.15) is 11.2 Å². The highest BCUT2D eigenvalue weighted by Gasteiger charge is 2.47. The molecule has 0 atom stereocenters. The number of ketones is 1. The first-order valence-corrected chi connectivity index (χ1v) is 8.33. The summed E-state index contributed by atoms with van der Waals surface area (Å²) >= 11 is 0.447. The van der Waals surface area contributed by atoms with Crippen LogP contribution in [0.3, 0.4) is 0 Å². The number of nitrogens with one attached hydrogen (secondary N) is 2. The summed E-state index contributed by atoms with van der Waals surface area (Å²) in [6.45, 7) is 1.95. The van der Waals surface area contributed by atoms with Gasteiger partial charge in [0.15, 0.2) is 0 Å². The Morgan fingerprint density at radius 2 is 1.70 bits per heavy atom. The van der Waals surface area contributed by atoms with Crippen molar-refractivity contribution < 1.29 is 18.9 Å². The Bertz CT molecular complexity index is 593. The Labute approximate surface area is 139 Å². The predicted octanol–water partition coefficient (Wildman–Crippen LogP) is 0.799. The SMILES string of the molecule is CC(=O)C1(C(=O)NCCNC(=O)CSO)Cc2ccccc2C1. The number of rotatable bonds is 7. The fraction of sp³-hybridized carbons (Fsp3) is 0.438. The Balaban J connectivity index is 1.94. The monoisotopic (exact) mass is 336 g/mol. The number of carbonyl (C=O) groups is 3. The van der Waals surface area contributed by atoms with Crippen LogP contribution in [0.25, 0.3) is 0 Å². The Kier molecular flexibility index (Phi) is 5.79. The maximum absolute atomic E-state index is 12.6. The molecule has 0 aromatic heterocycles. The lowest BCUT2D eigenvalue weighted by atomic mass is 9.80. The Morgan fingerprint density at radius 3 is 2.22 bits per heavy atom. The largest absolute Gasteiger partial charge is 0.354 e. The van der Waals surface area contributed by atoms with E-state index in [0.29, 0.717) is 24.9 Å². The van der Waals surface area contributed by atoms with Crippen LogP contribution in [-0.2, 0) is 27.2 Å². The zero-order valence-corrected chi connectivity index (χ0v) is 13.7. The number of carbonyl (C=O) groups excluding carboxylic acids is 3. The van der Waals surface area contributed by atoms with Crippen LogP contribution in [0, 0.1) is 5.41 Å². The first-order chi connectivity index (χ1) is 11.0. The van der Waals surface area contributed by atoms with Gasteiger partial charge in [-0.3, -0.25) is 14.4 Å². The van der Waals surface area contributed by atoms with Crippen LogP contribution < -0.4 is 10.6 Å². The molecule has 0 radical (unpaired) electrons. The smallest absolute Gasteiger partial charge is 0.234 e. The molecule has 2 amide bonds. The van der Waals surface area contributed by atoms with Gasteiger partial charge in [0.05, 0.1) is 5.75 Å². The number of fused-ring (bicyclic) bond motifs is 1. The normalized spacial score (nSPS) is 14.9. The number of hydrogen-bond acceptors (Lipinski definition) is 5. The van der Waals surface area contributed by atoms with E-state index in [4.69, 9.17) is 4.55 Å². The summed E-state index contributed by atoms with van der Waals surface area (Å²) in [6, 6.07) is 7.70. The molecule has 1 aliphatic rings. The Morgan fingerprint density at radius 1 is 1.13 bits per heavy atom. The second-order valence-electron chi connectivity index (χ2n) is 5.64. The maximum Gasteiger partial charge on any atom is 0.234 e. The molecule has 1 aromatic rings. The second kappa shape index (κ2) is 7.61. The standard InChI is InChI=1S/C16H20N2O4S/c1-11(19)16(8-12-4-2-3-5-13(12)9-16)15(21)18-7-6-17-14(20)10-23-22/h2-5,22H,6-10H2,1H3,(H,17,20)(H,18,21). The van der Waals surface area contributed by atoms with E-state index in [1.54, 1.807) is 0 Å². The van der Waals surface area contributed by atoms with E-state index in [1.165, 1.54) is 6.92 Å². The maximum atomic E-state index is 12.6. The van der Waals surface area contributed by atoms with Gasteiger partial charge < -0.3 is 15.2 Å². The van der Waals surface area contributed by atoms with E-state index in [9.17, 15) is 14.4 Å². The van der Waals surface area contributed by atoms with E-state index < -0.39 is 5.41 Å². The molecule has 7 heteroatoms. The molecule has 124 valence electrons. The van der Waals surface area contributed by atoms with Crippen molar-refractivity contribution in [3.63, 3.8) is 0 Å². The summed E-state index contributed by atoms with van der Waals surface area (Å²) in [4.78, 5) is 35.9. The van der Waals surface area contributed by atoms with Crippen molar-refractivity contribution in [2.75, 3.05) is 18.8 Å². The van der Waals surface area contributed by atoms with Crippen LogP contribution in [0.1, 0.15) is 18.1 Å². The van der Waals surface area contributed by atoms with Crippen molar-refractivity contribution in [2.24, 2.45) is 5.41 Å². The lowest BCUT2D eigenvalue weighted by Gasteiger charge is -2.24. The van der Waals surface area contributed by atoms with Crippen molar-refractivity contribution in [2.45, 2.75) is 19.8 Å². The first-order valence-electron chi connectivity index (χ1n) is 7.39. The molecule has 0 bridgehead atoms. The van der Waals surface area contributed by atoms with Crippen molar-refractivity contribution in [1.29, 1.82) is 0 Å². The lowest BCUT2D eigenvalue weighted by molar-refractivity contribution is -0.140. The van der Waals surface area contributed by atoms with Crippen molar-refractivity contribution in [1.82, 2.24) is 10.6 Å². The summed E-state index contributed by atoms with van der Waals surface area (Å²) in [6.07, 6.45) is 0.829. The first kappa shape index (κ1) is 17.5. The van der Waals surface area contributed by atoms with Crippen LogP contribution in [0.15, 0.2) is 24.3 Å². The van der Waals surface area contributed by atoms with Crippen molar-refractivity contribution in [3.8, 4) is 0 Å². The van der Waals surface area contributed by atoms with Gasteiger partial charge >= 0.3 is 0 Å². The summed E-state index contributed by atoms with van der Waals surface area (Å²) in [5.74, 6) is -0.791. The van der Waals surface area contributed by atoms with E-state index in [0.717, 1.165) is 11.1 Å². The topological polar surface area (TPSA) is 95.5 Å². The van der Waals surface area contributed by atoms with E-state index in [2.05, 4.69) is 10.6 Å². The van der Waals surface area contributed by atoms with Gasteiger partial charge in [-0.2, -0.15) is 0 Å². The minimum Gasteiger partial charge on any atom is -0.354 e. The van der Waals surface area contributed by atoms with Crippen LogP contribution in [0.2, 0.25) is 0 Å². The molecule has 0 spiro atoms. The number of Topliss-reactive ketones (excluding diaryl/α,β-unsaturated/α-hetero) is 1. The molecule has 0 fully saturated rings. The Hall–Kier alpha value is -1.86. The van der Waals surface area contributed by atoms with E-state index >= 15 is 0 Å². The van der Waals surface area contributed by atoms with Crippen molar-refractivity contribution in [3.05, 3.63) is 35.4 Å². The minimum atomic E-state index is -1.05. The molecule has 0 heterocycles. The van der Waals surface area contributed by atoms with Gasteiger partial charge in [-0.15, -0.1) is 0 Å². The fourth-order valence-electron chi connectivity index (χ4n) is 2.84. The molecule has 6 nitrogen and oxygen atoms in total. The fourth-order valence-corrected chi connectivity index (χ4v) is 3.06. The molecule has 3 N–H and O–H groups in total. The molecule has 1 aromatic carbocycles. The molecule has 0 saturated carbocycles. The zero-order chi connectivity index (χ0) is 16.9. The minimum absolute atomic E-state index is 0.0410. The van der Waals surface area contributed by atoms with Gasteiger partial charge in [0.2, 0.25) is 11.8 Å². The molecule has 1 aliphatic carbocycles. The second-order valence-corrected chi connectivity index (χ2v) is 6.19. The number of amides is 2.